The lowest BCUT2D eigenvalue weighted by atomic mass is 10.0. The summed E-state index contributed by atoms with van der Waals surface area (Å²) in [5, 5.41) is 7.50. The topological polar surface area (TPSA) is 57.3 Å². The first-order chi connectivity index (χ1) is 15.1. The molecule has 0 radical (unpaired) electrons. The van der Waals surface area contributed by atoms with Gasteiger partial charge >= 0.3 is 0 Å². The summed E-state index contributed by atoms with van der Waals surface area (Å²) in [4.78, 5) is 18.8. The van der Waals surface area contributed by atoms with Gasteiger partial charge < -0.3 is 15.5 Å². The Balaban J connectivity index is 1.32. The fourth-order valence-electron chi connectivity index (χ4n) is 3.99. The van der Waals surface area contributed by atoms with E-state index in [0.717, 1.165) is 42.3 Å². The van der Waals surface area contributed by atoms with Crippen molar-refractivity contribution in [1.29, 1.82) is 0 Å². The molecule has 1 saturated heterocycles. The predicted octanol–water partition coefficient (Wildman–Crippen LogP) is 5.31. The number of halogens is 1. The van der Waals surface area contributed by atoms with E-state index in [1.54, 1.807) is 24.5 Å². The minimum absolute atomic E-state index is 0.126. The number of amides is 1. The molecule has 0 aliphatic carbocycles. The van der Waals surface area contributed by atoms with Crippen LogP contribution in [-0.2, 0) is 0 Å². The second kappa shape index (κ2) is 9.94. The SMILES string of the molecule is CC(NC1CCN(c2cccc(NC(=O)c3ccncc3)c2)CC1)c1ccc(Cl)cc1. The van der Waals surface area contributed by atoms with Gasteiger partial charge in [0, 0.05) is 59.5 Å². The number of carbonyl (C=O) groups is 1. The average molecular weight is 435 g/mol. The van der Waals surface area contributed by atoms with Crippen LogP contribution in [0.5, 0.6) is 0 Å². The predicted molar refractivity (Wildman–Crippen MR) is 127 cm³/mol. The number of benzene rings is 2. The van der Waals surface area contributed by atoms with Crippen molar-refractivity contribution in [3.05, 3.63) is 89.2 Å². The van der Waals surface area contributed by atoms with Gasteiger partial charge in [0.1, 0.15) is 0 Å². The van der Waals surface area contributed by atoms with Crippen molar-refractivity contribution in [3.8, 4) is 0 Å². The molecule has 1 aliphatic rings. The molecule has 0 bridgehead atoms. The monoisotopic (exact) mass is 434 g/mol. The first-order valence-corrected chi connectivity index (χ1v) is 11.0. The number of aromatic nitrogens is 1. The maximum Gasteiger partial charge on any atom is 0.255 e. The maximum atomic E-state index is 12.4. The number of pyridine rings is 1. The Bertz CT molecular complexity index is 1000. The Morgan fingerprint density at radius 3 is 2.48 bits per heavy atom. The van der Waals surface area contributed by atoms with Crippen molar-refractivity contribution in [2.45, 2.75) is 31.8 Å². The van der Waals surface area contributed by atoms with Crippen LogP contribution in [0.15, 0.2) is 73.1 Å². The van der Waals surface area contributed by atoms with Crippen molar-refractivity contribution in [1.82, 2.24) is 10.3 Å². The van der Waals surface area contributed by atoms with Crippen LogP contribution in [-0.4, -0.2) is 30.0 Å². The smallest absolute Gasteiger partial charge is 0.255 e. The molecule has 3 aromatic rings. The number of rotatable bonds is 6. The summed E-state index contributed by atoms with van der Waals surface area (Å²) in [6.07, 6.45) is 5.39. The van der Waals surface area contributed by atoms with Crippen molar-refractivity contribution in [2.24, 2.45) is 0 Å². The highest BCUT2D eigenvalue weighted by Crippen LogP contribution is 2.25. The van der Waals surface area contributed by atoms with Gasteiger partial charge in [0.25, 0.3) is 5.91 Å². The van der Waals surface area contributed by atoms with Gasteiger partial charge in [-0.05, 0) is 67.8 Å². The number of anilines is 2. The van der Waals surface area contributed by atoms with E-state index in [1.807, 2.05) is 30.3 Å². The summed E-state index contributed by atoms with van der Waals surface area (Å²) in [5.74, 6) is -0.126. The Labute approximate surface area is 188 Å². The molecule has 4 rings (SSSR count). The van der Waals surface area contributed by atoms with Crippen LogP contribution in [0, 0.1) is 0 Å². The molecule has 1 fully saturated rings. The van der Waals surface area contributed by atoms with Gasteiger partial charge in [0.2, 0.25) is 0 Å². The normalized spacial score (nSPS) is 15.5. The Kier molecular flexibility index (Phi) is 6.85. The summed E-state index contributed by atoms with van der Waals surface area (Å²) in [7, 11) is 0. The van der Waals surface area contributed by atoms with Gasteiger partial charge in [-0.25, -0.2) is 0 Å². The van der Waals surface area contributed by atoms with E-state index < -0.39 is 0 Å². The van der Waals surface area contributed by atoms with Crippen molar-refractivity contribution in [2.75, 3.05) is 23.3 Å². The molecular weight excluding hydrogens is 408 g/mol. The minimum Gasteiger partial charge on any atom is -0.371 e. The Morgan fingerprint density at radius 1 is 1.06 bits per heavy atom. The molecule has 2 aromatic carbocycles. The third kappa shape index (κ3) is 5.63. The second-order valence-electron chi connectivity index (χ2n) is 7.94. The lowest BCUT2D eigenvalue weighted by Crippen LogP contribution is -2.43. The van der Waals surface area contributed by atoms with Gasteiger partial charge in [-0.1, -0.05) is 29.8 Å². The number of hydrogen-bond acceptors (Lipinski definition) is 4. The number of carbonyl (C=O) groups excluding carboxylic acids is 1. The Morgan fingerprint density at radius 2 is 1.77 bits per heavy atom. The zero-order chi connectivity index (χ0) is 21.6. The zero-order valence-corrected chi connectivity index (χ0v) is 18.3. The maximum absolute atomic E-state index is 12.4. The van der Waals surface area contributed by atoms with E-state index in [0.29, 0.717) is 17.6 Å². The lowest BCUT2D eigenvalue weighted by Gasteiger charge is -2.35. The van der Waals surface area contributed by atoms with Crippen LogP contribution in [0.3, 0.4) is 0 Å². The molecule has 31 heavy (non-hydrogen) atoms. The molecule has 160 valence electrons. The van der Waals surface area contributed by atoms with E-state index in [9.17, 15) is 4.79 Å². The minimum atomic E-state index is -0.126. The fourth-order valence-corrected chi connectivity index (χ4v) is 4.12. The van der Waals surface area contributed by atoms with Crippen LogP contribution in [0.4, 0.5) is 11.4 Å². The standard InChI is InChI=1S/C25H27ClN4O/c1-18(19-5-7-21(26)8-6-19)28-22-11-15-30(16-12-22)24-4-2-3-23(17-24)29-25(31)20-9-13-27-14-10-20/h2-10,13-14,17-18,22,28H,11-12,15-16H2,1H3,(H,29,31). The van der Waals surface area contributed by atoms with E-state index in [1.165, 1.54) is 5.56 Å². The van der Waals surface area contributed by atoms with Crippen LogP contribution >= 0.6 is 11.6 Å². The van der Waals surface area contributed by atoms with Crippen LogP contribution in [0.2, 0.25) is 5.02 Å². The molecule has 2 N–H and O–H groups in total. The van der Waals surface area contributed by atoms with E-state index in [4.69, 9.17) is 11.6 Å². The summed E-state index contributed by atoms with van der Waals surface area (Å²) >= 11 is 6.00. The lowest BCUT2D eigenvalue weighted by molar-refractivity contribution is 0.102. The van der Waals surface area contributed by atoms with Crippen LogP contribution in [0.1, 0.15) is 41.7 Å². The van der Waals surface area contributed by atoms with Gasteiger partial charge in [0.05, 0.1) is 0 Å². The van der Waals surface area contributed by atoms with Crippen molar-refractivity contribution >= 4 is 28.9 Å². The quantitative estimate of drug-likeness (QED) is 0.552. The van der Waals surface area contributed by atoms with Crippen molar-refractivity contribution in [3.63, 3.8) is 0 Å². The molecule has 6 heteroatoms. The molecule has 0 spiro atoms. The molecule has 1 atom stereocenters. The number of nitrogens with one attached hydrogen (secondary N) is 2. The molecule has 1 aromatic heterocycles. The highest BCUT2D eigenvalue weighted by Gasteiger charge is 2.21. The van der Waals surface area contributed by atoms with E-state index in [2.05, 4.69) is 45.6 Å². The summed E-state index contributed by atoms with van der Waals surface area (Å²) < 4.78 is 0. The van der Waals surface area contributed by atoms with Gasteiger partial charge in [-0.3, -0.25) is 9.78 Å². The van der Waals surface area contributed by atoms with Crippen LogP contribution < -0.4 is 15.5 Å². The van der Waals surface area contributed by atoms with E-state index in [-0.39, 0.29) is 5.91 Å². The molecule has 1 unspecified atom stereocenters. The first kappa shape index (κ1) is 21.3. The largest absolute Gasteiger partial charge is 0.371 e. The number of hydrogen-bond donors (Lipinski definition) is 2. The molecular formula is C25H27ClN4O. The fraction of sp³-hybridized carbons (Fsp3) is 0.280. The van der Waals surface area contributed by atoms with E-state index >= 15 is 0 Å². The third-order valence-electron chi connectivity index (χ3n) is 5.76. The van der Waals surface area contributed by atoms with Crippen LogP contribution in [0.25, 0.3) is 0 Å². The number of piperidine rings is 1. The van der Waals surface area contributed by atoms with Gasteiger partial charge in [-0.15, -0.1) is 0 Å². The summed E-state index contributed by atoms with van der Waals surface area (Å²) in [6.45, 7) is 4.16. The first-order valence-electron chi connectivity index (χ1n) is 10.7. The van der Waals surface area contributed by atoms with Crippen molar-refractivity contribution < 1.29 is 4.79 Å². The molecule has 0 saturated carbocycles. The third-order valence-corrected chi connectivity index (χ3v) is 6.01. The Hall–Kier alpha value is -2.89. The summed E-state index contributed by atoms with van der Waals surface area (Å²) in [5.41, 5.74) is 3.79. The summed E-state index contributed by atoms with van der Waals surface area (Å²) in [6, 6.07) is 20.3. The molecule has 1 amide bonds. The van der Waals surface area contributed by atoms with Gasteiger partial charge in [0.15, 0.2) is 0 Å². The second-order valence-corrected chi connectivity index (χ2v) is 8.38. The molecule has 5 nitrogen and oxygen atoms in total. The average Bonchev–Trinajstić information content (AvgIpc) is 2.81. The highest BCUT2D eigenvalue weighted by molar-refractivity contribution is 6.30. The molecule has 2 heterocycles. The zero-order valence-electron chi connectivity index (χ0n) is 17.6. The number of nitrogens with zero attached hydrogens (tertiary/aromatic N) is 2. The van der Waals surface area contributed by atoms with Gasteiger partial charge in [-0.2, -0.15) is 0 Å². The molecule has 1 aliphatic heterocycles. The highest BCUT2D eigenvalue weighted by atomic mass is 35.5.